The van der Waals surface area contributed by atoms with Crippen LogP contribution in [0.15, 0.2) is 60.1 Å². The van der Waals surface area contributed by atoms with Crippen LogP contribution in [-0.2, 0) is 9.59 Å². The van der Waals surface area contributed by atoms with Crippen molar-refractivity contribution < 1.29 is 14.3 Å². The minimum atomic E-state index is -1.01. The molecule has 2 aromatic heterocycles. The van der Waals surface area contributed by atoms with Gasteiger partial charge in [-0.3, -0.25) is 9.59 Å². The number of pyridine rings is 1. The van der Waals surface area contributed by atoms with E-state index in [9.17, 15) is 9.59 Å². The Kier molecular flexibility index (Phi) is 4.78. The number of amides is 2. The van der Waals surface area contributed by atoms with Crippen LogP contribution >= 0.6 is 0 Å². The van der Waals surface area contributed by atoms with Gasteiger partial charge in [0, 0.05) is 29.7 Å². The van der Waals surface area contributed by atoms with Gasteiger partial charge in [-0.05, 0) is 25.1 Å². The van der Waals surface area contributed by atoms with Crippen LogP contribution < -0.4 is 15.1 Å². The number of nitrogens with one attached hydrogen (secondary N) is 2. The van der Waals surface area contributed by atoms with Crippen molar-refractivity contribution >= 4 is 28.9 Å². The van der Waals surface area contributed by atoms with E-state index in [0.717, 1.165) is 5.56 Å². The van der Waals surface area contributed by atoms with Gasteiger partial charge in [0.1, 0.15) is 5.82 Å². The minimum Gasteiger partial charge on any atom is -0.481 e. The number of anilines is 2. The van der Waals surface area contributed by atoms with Crippen molar-refractivity contribution in [2.24, 2.45) is 11.0 Å². The number of hydrogen-bond donors (Lipinski definition) is 2. The Bertz CT molecular complexity index is 1080. The van der Waals surface area contributed by atoms with Gasteiger partial charge in [-0.15, -0.1) is 0 Å². The van der Waals surface area contributed by atoms with Crippen LogP contribution in [0, 0.1) is 5.92 Å². The van der Waals surface area contributed by atoms with Crippen molar-refractivity contribution in [3.8, 4) is 17.3 Å². The second-order valence-corrected chi connectivity index (χ2v) is 6.39. The number of imidazole rings is 1. The third-order valence-electron chi connectivity index (χ3n) is 4.47. The summed E-state index contributed by atoms with van der Waals surface area (Å²) in [5.74, 6) is -0.781. The van der Waals surface area contributed by atoms with Crippen LogP contribution in [-0.4, -0.2) is 39.6 Å². The molecule has 0 saturated carbocycles. The summed E-state index contributed by atoms with van der Waals surface area (Å²) in [5.41, 5.74) is 2.26. The number of hydrazone groups is 1. The number of carbonyl (C=O) groups is 2. The first-order valence-electron chi connectivity index (χ1n) is 8.86. The third-order valence-corrected chi connectivity index (χ3v) is 4.47. The predicted molar refractivity (Wildman–Crippen MR) is 108 cm³/mol. The smallest absolute Gasteiger partial charge is 0.265 e. The van der Waals surface area contributed by atoms with Crippen molar-refractivity contribution in [1.82, 2.24) is 15.0 Å². The first kappa shape index (κ1) is 18.4. The third kappa shape index (κ3) is 3.57. The average molecular weight is 390 g/mol. The van der Waals surface area contributed by atoms with Crippen molar-refractivity contribution in [2.75, 3.05) is 17.4 Å². The first-order valence-corrected chi connectivity index (χ1v) is 8.86. The largest absolute Gasteiger partial charge is 0.481 e. The number of methoxy groups -OCH3 is 1. The van der Waals surface area contributed by atoms with Crippen LogP contribution in [0.5, 0.6) is 5.88 Å². The maximum atomic E-state index is 12.8. The fourth-order valence-corrected chi connectivity index (χ4v) is 3.05. The van der Waals surface area contributed by atoms with E-state index in [1.165, 1.54) is 18.3 Å². The lowest BCUT2D eigenvalue weighted by Gasteiger charge is -2.14. The SMILES string of the molecule is COc1ccc(N2N=C(C)C(C(=O)Nc3cccc(-c4ncc[nH]4)c3)C2=O)cn1. The summed E-state index contributed by atoms with van der Waals surface area (Å²) in [6, 6.07) is 10.5. The van der Waals surface area contributed by atoms with E-state index in [1.807, 2.05) is 6.07 Å². The molecule has 29 heavy (non-hydrogen) atoms. The summed E-state index contributed by atoms with van der Waals surface area (Å²) in [5, 5.41) is 8.22. The molecule has 2 N–H and O–H groups in total. The number of ether oxygens (including phenoxy) is 1. The molecule has 0 bridgehead atoms. The highest BCUT2D eigenvalue weighted by Gasteiger charge is 2.40. The van der Waals surface area contributed by atoms with Crippen LogP contribution in [0.1, 0.15) is 6.92 Å². The molecule has 3 heterocycles. The first-order chi connectivity index (χ1) is 14.1. The van der Waals surface area contributed by atoms with Gasteiger partial charge in [0.2, 0.25) is 11.8 Å². The van der Waals surface area contributed by atoms with Crippen molar-refractivity contribution in [1.29, 1.82) is 0 Å². The number of hydrogen-bond acceptors (Lipinski definition) is 6. The van der Waals surface area contributed by atoms with Gasteiger partial charge in [0.05, 0.1) is 24.7 Å². The van der Waals surface area contributed by atoms with E-state index in [2.05, 4.69) is 25.4 Å². The highest BCUT2D eigenvalue weighted by molar-refractivity contribution is 6.28. The molecule has 9 nitrogen and oxygen atoms in total. The molecule has 0 spiro atoms. The summed E-state index contributed by atoms with van der Waals surface area (Å²) in [6.07, 6.45) is 4.85. The summed E-state index contributed by atoms with van der Waals surface area (Å²) >= 11 is 0. The van der Waals surface area contributed by atoms with Gasteiger partial charge < -0.3 is 15.0 Å². The topological polar surface area (TPSA) is 113 Å². The van der Waals surface area contributed by atoms with Crippen LogP contribution in [0.4, 0.5) is 11.4 Å². The summed E-state index contributed by atoms with van der Waals surface area (Å²) in [7, 11) is 1.51. The Labute approximate surface area is 166 Å². The maximum Gasteiger partial charge on any atom is 0.265 e. The fraction of sp³-hybridized carbons (Fsp3) is 0.150. The molecule has 1 aliphatic rings. The zero-order chi connectivity index (χ0) is 20.4. The van der Waals surface area contributed by atoms with E-state index < -0.39 is 17.7 Å². The number of H-pyrrole nitrogens is 1. The molecule has 0 aliphatic carbocycles. The van der Waals surface area contributed by atoms with E-state index in [4.69, 9.17) is 4.74 Å². The van der Waals surface area contributed by atoms with Gasteiger partial charge in [-0.1, -0.05) is 12.1 Å². The second-order valence-electron chi connectivity index (χ2n) is 6.39. The molecule has 0 fully saturated rings. The summed E-state index contributed by atoms with van der Waals surface area (Å²) in [4.78, 5) is 36.9. The maximum absolute atomic E-state index is 12.8. The number of benzene rings is 1. The molecule has 2 amide bonds. The van der Waals surface area contributed by atoms with E-state index in [1.54, 1.807) is 49.6 Å². The quantitative estimate of drug-likeness (QED) is 0.650. The molecule has 9 heteroatoms. The van der Waals surface area contributed by atoms with Gasteiger partial charge in [0.25, 0.3) is 5.91 Å². The summed E-state index contributed by atoms with van der Waals surface area (Å²) < 4.78 is 5.02. The predicted octanol–water partition coefficient (Wildman–Crippen LogP) is 2.46. The zero-order valence-electron chi connectivity index (χ0n) is 15.8. The lowest BCUT2D eigenvalue weighted by atomic mass is 10.0. The minimum absolute atomic E-state index is 0.408. The standard InChI is InChI=1S/C20H18N6O3/c1-12-17(20(28)26(25-12)15-6-7-16(29-2)23-11-15)19(27)24-14-5-3-4-13(10-14)18-21-8-9-22-18/h3-11,17H,1-2H3,(H,21,22)(H,24,27). The lowest BCUT2D eigenvalue weighted by Crippen LogP contribution is -2.36. The Morgan fingerprint density at radius 2 is 2.10 bits per heavy atom. The average Bonchev–Trinajstić information content (AvgIpc) is 3.36. The highest BCUT2D eigenvalue weighted by Crippen LogP contribution is 2.26. The Morgan fingerprint density at radius 1 is 1.24 bits per heavy atom. The van der Waals surface area contributed by atoms with Crippen LogP contribution in [0.2, 0.25) is 0 Å². The Balaban J connectivity index is 1.51. The number of aromatic nitrogens is 3. The molecule has 1 aromatic carbocycles. The number of rotatable bonds is 5. The molecule has 1 aliphatic heterocycles. The van der Waals surface area contributed by atoms with E-state index in [-0.39, 0.29) is 0 Å². The number of nitrogens with zero attached hydrogens (tertiary/aromatic N) is 4. The molecular weight excluding hydrogens is 372 g/mol. The van der Waals surface area contributed by atoms with Crippen molar-refractivity contribution in [3.63, 3.8) is 0 Å². The van der Waals surface area contributed by atoms with Gasteiger partial charge in [-0.25, -0.2) is 9.97 Å². The molecule has 146 valence electrons. The normalized spacial score (nSPS) is 15.9. The molecule has 0 saturated heterocycles. The molecule has 4 rings (SSSR count). The zero-order valence-corrected chi connectivity index (χ0v) is 15.8. The van der Waals surface area contributed by atoms with Gasteiger partial charge in [-0.2, -0.15) is 10.1 Å². The molecule has 1 atom stereocenters. The monoisotopic (exact) mass is 390 g/mol. The summed E-state index contributed by atoms with van der Waals surface area (Å²) in [6.45, 7) is 1.65. The van der Waals surface area contributed by atoms with E-state index in [0.29, 0.717) is 28.8 Å². The lowest BCUT2D eigenvalue weighted by molar-refractivity contribution is -0.127. The molecular formula is C20H18N6O3. The highest BCUT2D eigenvalue weighted by atomic mass is 16.5. The van der Waals surface area contributed by atoms with Crippen molar-refractivity contribution in [3.05, 3.63) is 55.0 Å². The molecule has 3 aromatic rings. The Hall–Kier alpha value is -4.01. The molecule has 1 unspecified atom stereocenters. The Morgan fingerprint density at radius 3 is 2.79 bits per heavy atom. The number of aromatic amines is 1. The fourth-order valence-electron chi connectivity index (χ4n) is 3.05. The van der Waals surface area contributed by atoms with Crippen LogP contribution in [0.25, 0.3) is 11.4 Å². The van der Waals surface area contributed by atoms with Crippen LogP contribution in [0.3, 0.4) is 0 Å². The van der Waals surface area contributed by atoms with Gasteiger partial charge >= 0.3 is 0 Å². The molecule has 0 radical (unpaired) electrons. The van der Waals surface area contributed by atoms with Crippen molar-refractivity contribution in [2.45, 2.75) is 6.92 Å². The number of carbonyl (C=O) groups excluding carboxylic acids is 2. The second kappa shape index (κ2) is 7.55. The van der Waals surface area contributed by atoms with Gasteiger partial charge in [0.15, 0.2) is 5.92 Å². The van der Waals surface area contributed by atoms with E-state index >= 15 is 0 Å².